The monoisotopic (exact) mass is 432 g/mol. The summed E-state index contributed by atoms with van der Waals surface area (Å²) in [6, 6.07) is 11.2. The highest BCUT2D eigenvalue weighted by atomic mass is 16.3. The van der Waals surface area contributed by atoms with Crippen molar-refractivity contribution in [2.75, 3.05) is 31.1 Å². The third-order valence-electron chi connectivity index (χ3n) is 6.35. The zero-order chi connectivity index (χ0) is 21.9. The Balaban J connectivity index is 1.53. The lowest BCUT2D eigenvalue weighted by Gasteiger charge is -2.26. The molecule has 1 N–H and O–H groups in total. The molecule has 0 aliphatic carbocycles. The van der Waals surface area contributed by atoms with Crippen molar-refractivity contribution in [3.63, 3.8) is 0 Å². The van der Waals surface area contributed by atoms with Crippen molar-refractivity contribution in [2.45, 2.75) is 38.3 Å². The lowest BCUT2D eigenvalue weighted by Crippen LogP contribution is -2.32. The average Bonchev–Trinajstić information content (AvgIpc) is 3.60. The van der Waals surface area contributed by atoms with Gasteiger partial charge in [0, 0.05) is 37.0 Å². The van der Waals surface area contributed by atoms with Gasteiger partial charge in [-0.1, -0.05) is 18.2 Å². The predicted octanol–water partition coefficient (Wildman–Crippen LogP) is 2.91. The maximum atomic E-state index is 13.3. The summed E-state index contributed by atoms with van der Waals surface area (Å²) in [6.45, 7) is 3.01. The number of benzene rings is 1. The molecule has 4 heterocycles. The van der Waals surface area contributed by atoms with Gasteiger partial charge < -0.3 is 14.9 Å². The molecule has 3 aromatic rings. The van der Waals surface area contributed by atoms with E-state index < -0.39 is 0 Å². The van der Waals surface area contributed by atoms with Gasteiger partial charge in [-0.3, -0.25) is 9.48 Å². The minimum atomic E-state index is -0.114. The van der Waals surface area contributed by atoms with Gasteiger partial charge in [0.2, 0.25) is 5.95 Å². The number of carbonyl (C=O) groups excluding carboxylic acids is 1. The first kappa shape index (κ1) is 20.6. The highest BCUT2D eigenvalue weighted by molar-refractivity contribution is 5.94. The topological polar surface area (TPSA) is 87.4 Å². The van der Waals surface area contributed by atoms with E-state index in [4.69, 9.17) is 4.98 Å². The summed E-state index contributed by atoms with van der Waals surface area (Å²) < 4.78 is 1.83. The summed E-state index contributed by atoms with van der Waals surface area (Å²) in [5.74, 6) is 0.765. The van der Waals surface area contributed by atoms with Gasteiger partial charge in [0.25, 0.3) is 5.91 Å². The zero-order valence-electron chi connectivity index (χ0n) is 18.1. The molecule has 1 unspecified atom stereocenters. The summed E-state index contributed by atoms with van der Waals surface area (Å²) in [6.07, 6.45) is 7.70. The predicted molar refractivity (Wildman–Crippen MR) is 121 cm³/mol. The van der Waals surface area contributed by atoms with Crippen molar-refractivity contribution < 1.29 is 9.90 Å². The van der Waals surface area contributed by atoms with Crippen LogP contribution in [0, 0.1) is 0 Å². The van der Waals surface area contributed by atoms with Gasteiger partial charge in [-0.2, -0.15) is 5.10 Å². The Morgan fingerprint density at radius 1 is 1.06 bits per heavy atom. The number of amides is 1. The summed E-state index contributed by atoms with van der Waals surface area (Å²) in [5.41, 5.74) is 3.33. The minimum Gasteiger partial charge on any atom is -0.394 e. The van der Waals surface area contributed by atoms with E-state index in [1.165, 1.54) is 0 Å². The van der Waals surface area contributed by atoms with Gasteiger partial charge >= 0.3 is 0 Å². The molecule has 1 amide bonds. The zero-order valence-corrected chi connectivity index (χ0v) is 18.1. The van der Waals surface area contributed by atoms with Crippen molar-refractivity contribution in [3.8, 4) is 11.3 Å². The number of anilines is 1. The molecule has 166 valence electrons. The molecule has 32 heavy (non-hydrogen) atoms. The summed E-state index contributed by atoms with van der Waals surface area (Å²) in [4.78, 5) is 26.8. The van der Waals surface area contributed by atoms with Crippen LogP contribution < -0.4 is 4.90 Å². The fourth-order valence-electron chi connectivity index (χ4n) is 4.83. The molecule has 0 spiro atoms. The quantitative estimate of drug-likeness (QED) is 0.645. The van der Waals surface area contributed by atoms with Crippen LogP contribution in [-0.2, 0) is 6.54 Å². The minimum absolute atomic E-state index is 0.0176. The molecule has 2 saturated heterocycles. The molecule has 8 heteroatoms. The Hall–Kier alpha value is -3.26. The second-order valence-electron chi connectivity index (χ2n) is 8.35. The highest BCUT2D eigenvalue weighted by Crippen LogP contribution is 2.38. The number of hydrogen-bond donors (Lipinski definition) is 1. The van der Waals surface area contributed by atoms with Crippen molar-refractivity contribution in [3.05, 3.63) is 60.0 Å². The van der Waals surface area contributed by atoms with Crippen molar-refractivity contribution >= 4 is 11.9 Å². The van der Waals surface area contributed by atoms with E-state index in [0.717, 1.165) is 61.7 Å². The van der Waals surface area contributed by atoms with Crippen LogP contribution in [0.15, 0.2) is 48.8 Å². The summed E-state index contributed by atoms with van der Waals surface area (Å²) in [5, 5.41) is 14.2. The standard InChI is InChI=1S/C24H28N6O2/c31-16-15-30-22(21-9-6-14-29(21)23(32)18-7-2-1-3-8-18)19(17-26-30)20-10-11-25-24(27-20)28-12-4-5-13-28/h1-3,7-8,10-11,17,21,31H,4-6,9,12-16H2. The number of aliphatic hydroxyl groups is 1. The number of rotatable bonds is 6. The largest absolute Gasteiger partial charge is 0.394 e. The van der Waals surface area contributed by atoms with Crippen molar-refractivity contribution in [2.24, 2.45) is 0 Å². The maximum Gasteiger partial charge on any atom is 0.254 e. The maximum absolute atomic E-state index is 13.3. The fourth-order valence-corrected chi connectivity index (χ4v) is 4.83. The molecule has 2 aliphatic rings. The second kappa shape index (κ2) is 9.08. The van der Waals surface area contributed by atoms with Crippen LogP contribution in [0.25, 0.3) is 11.3 Å². The number of hydrogen-bond acceptors (Lipinski definition) is 6. The molecule has 2 fully saturated rings. The highest BCUT2D eigenvalue weighted by Gasteiger charge is 2.35. The molecule has 2 aliphatic heterocycles. The smallest absolute Gasteiger partial charge is 0.254 e. The molecule has 0 radical (unpaired) electrons. The number of aromatic nitrogens is 4. The Bertz CT molecular complexity index is 1080. The molecule has 8 nitrogen and oxygen atoms in total. The van der Waals surface area contributed by atoms with Gasteiger partial charge in [-0.05, 0) is 43.9 Å². The Morgan fingerprint density at radius 3 is 2.66 bits per heavy atom. The summed E-state index contributed by atoms with van der Waals surface area (Å²) >= 11 is 0. The van der Waals surface area contributed by atoms with Crippen LogP contribution in [-0.4, -0.2) is 61.9 Å². The molecular formula is C24H28N6O2. The Labute approximate surface area is 187 Å². The van der Waals surface area contributed by atoms with Gasteiger partial charge in [-0.25, -0.2) is 9.97 Å². The van der Waals surface area contributed by atoms with Crippen LogP contribution in [0.1, 0.15) is 47.8 Å². The van der Waals surface area contributed by atoms with Crippen molar-refractivity contribution in [1.29, 1.82) is 0 Å². The number of carbonyl (C=O) groups is 1. The van der Waals surface area contributed by atoms with Crippen LogP contribution in [0.4, 0.5) is 5.95 Å². The van der Waals surface area contributed by atoms with Gasteiger partial charge in [-0.15, -0.1) is 0 Å². The SMILES string of the molecule is O=C(c1ccccc1)N1CCCC1c1c(-c2ccnc(N3CCCC3)n2)cnn1CCO. The summed E-state index contributed by atoms with van der Waals surface area (Å²) in [7, 11) is 0. The number of nitrogens with zero attached hydrogens (tertiary/aromatic N) is 6. The third-order valence-corrected chi connectivity index (χ3v) is 6.35. The van der Waals surface area contributed by atoms with Gasteiger partial charge in [0.15, 0.2) is 0 Å². The van der Waals surface area contributed by atoms with Crippen LogP contribution >= 0.6 is 0 Å². The molecule has 2 aromatic heterocycles. The first-order valence-electron chi connectivity index (χ1n) is 11.4. The third kappa shape index (κ3) is 3.86. The van der Waals surface area contributed by atoms with Gasteiger partial charge in [0.1, 0.15) is 0 Å². The van der Waals surface area contributed by atoms with E-state index in [0.29, 0.717) is 18.7 Å². The normalized spacial score (nSPS) is 18.5. The van der Waals surface area contributed by atoms with Crippen LogP contribution in [0.5, 0.6) is 0 Å². The lowest BCUT2D eigenvalue weighted by molar-refractivity contribution is 0.0729. The Morgan fingerprint density at radius 2 is 1.88 bits per heavy atom. The van der Waals surface area contributed by atoms with Crippen molar-refractivity contribution in [1.82, 2.24) is 24.6 Å². The Kier molecular flexibility index (Phi) is 5.85. The number of aliphatic hydroxyl groups excluding tert-OH is 1. The lowest BCUT2D eigenvalue weighted by atomic mass is 10.0. The van der Waals surface area contributed by atoms with E-state index >= 15 is 0 Å². The van der Waals surface area contributed by atoms with Crippen LogP contribution in [0.2, 0.25) is 0 Å². The first-order chi connectivity index (χ1) is 15.8. The molecule has 1 aromatic carbocycles. The molecule has 5 rings (SSSR count). The van der Waals surface area contributed by atoms with E-state index in [-0.39, 0.29) is 18.6 Å². The fraction of sp³-hybridized carbons (Fsp3) is 0.417. The molecule has 0 saturated carbocycles. The number of likely N-dealkylation sites (tertiary alicyclic amines) is 1. The average molecular weight is 433 g/mol. The van der Waals surface area contributed by atoms with E-state index in [2.05, 4.69) is 15.0 Å². The molecule has 1 atom stereocenters. The first-order valence-corrected chi connectivity index (χ1v) is 11.4. The van der Waals surface area contributed by atoms with E-state index in [1.54, 1.807) is 6.20 Å². The second-order valence-corrected chi connectivity index (χ2v) is 8.35. The van der Waals surface area contributed by atoms with E-state index in [9.17, 15) is 9.90 Å². The van der Waals surface area contributed by atoms with Crippen LogP contribution in [0.3, 0.4) is 0 Å². The van der Waals surface area contributed by atoms with Gasteiger partial charge in [0.05, 0.1) is 36.8 Å². The van der Waals surface area contributed by atoms with E-state index in [1.807, 2.05) is 52.2 Å². The molecule has 0 bridgehead atoms. The molecular weight excluding hydrogens is 404 g/mol.